The molecule has 6 rings (SSSR count). The fourth-order valence-electron chi connectivity index (χ4n) is 11.4. The third kappa shape index (κ3) is 19.1. The summed E-state index contributed by atoms with van der Waals surface area (Å²) < 4.78 is 0. The molecule has 0 spiro atoms. The smallest absolute Gasteiger partial charge is 0.326 e. The molecule has 9 amide bonds. The van der Waals surface area contributed by atoms with Gasteiger partial charge in [-0.25, -0.2) is 9.78 Å². The molecule has 31 heteroatoms. The molecule has 19 N–H and O–H groups in total. The first kappa shape index (κ1) is 69.4. The van der Waals surface area contributed by atoms with Gasteiger partial charge in [0.05, 0.1) is 18.9 Å². The number of amides is 9. The van der Waals surface area contributed by atoms with Gasteiger partial charge < -0.3 is 89.1 Å². The first-order chi connectivity index (χ1) is 41.9. The Morgan fingerprint density at radius 3 is 1.92 bits per heavy atom. The maximum Gasteiger partial charge on any atom is 0.326 e. The molecule has 0 aliphatic carbocycles. The number of carbonyl (C=O) groups excluding carboxylic acids is 9. The molecule has 3 fully saturated rings. The fourth-order valence-corrected chi connectivity index (χ4v) is 11.9. The summed E-state index contributed by atoms with van der Waals surface area (Å²) >= 11 is 1.59. The number of likely N-dealkylation sites (tertiary alicyclic amines) is 3. The number of H-pyrrole nitrogens is 2. The Kier molecular flexibility index (Phi) is 26.0. The van der Waals surface area contributed by atoms with E-state index in [1.807, 2.05) is 6.26 Å². The molecule has 2 aromatic heterocycles. The van der Waals surface area contributed by atoms with Crippen LogP contribution in [0.15, 0.2) is 43.0 Å². The Bertz CT molecular complexity index is 2930. The molecule has 11 atom stereocenters. The Morgan fingerprint density at radius 2 is 1.30 bits per heavy atom. The number of aromatic nitrogens is 3. The molecule has 88 heavy (non-hydrogen) atoms. The highest BCUT2D eigenvalue weighted by atomic mass is 32.2. The van der Waals surface area contributed by atoms with Crippen molar-refractivity contribution in [3.8, 4) is 0 Å². The van der Waals surface area contributed by atoms with Crippen LogP contribution >= 0.6 is 11.8 Å². The number of para-hydroxylation sites is 1. The number of quaternary nitrogens is 1. The predicted molar refractivity (Wildman–Crippen MR) is 320 cm³/mol. The molecule has 484 valence electrons. The van der Waals surface area contributed by atoms with Gasteiger partial charge in [-0.3, -0.25) is 53.3 Å². The zero-order valence-corrected chi connectivity index (χ0v) is 51.0. The largest absolute Gasteiger partial charge is 0.481 e. The summed E-state index contributed by atoms with van der Waals surface area (Å²) in [4.78, 5) is 166. The second-order valence-corrected chi connectivity index (χ2v) is 24.1. The Hall–Kier alpha value is -7.71. The van der Waals surface area contributed by atoms with Gasteiger partial charge in [0.1, 0.15) is 60.7 Å². The molecule has 5 heterocycles. The van der Waals surface area contributed by atoms with Crippen LogP contribution in [0.3, 0.4) is 0 Å². The quantitative estimate of drug-likeness (QED) is 0.0208. The SMILES string of the molecule is CSCC[C@H]([NH3+])C(=O)N1CCC[C@H]1C(=O)N1CCC[C@H]1C(=O)N[C@H](C(=O)N[C@@H](CC(C)C)C(=O)N1CCC[C@H]1C(=O)N[C@@H](Cc1cnc[nH]1)C(=O)N[C@@H](CCCNC(N)N)C(=O)N[C@@H](CC(=O)O)C(=O)N[C@@H](Cc1c[nH]c2ccccc12)C(=O)O)[C@@H](C)O. The summed E-state index contributed by atoms with van der Waals surface area (Å²) in [6, 6.07) is -5.72. The normalized spacial score (nSPS) is 19.5. The van der Waals surface area contributed by atoms with E-state index >= 15 is 0 Å². The molecular weight excluding hydrogens is 1160 g/mol. The van der Waals surface area contributed by atoms with E-state index in [-0.39, 0.29) is 82.3 Å². The first-order valence-corrected chi connectivity index (χ1v) is 31.2. The molecule has 3 saturated heterocycles. The minimum Gasteiger partial charge on any atom is -0.481 e. The number of rotatable bonds is 33. The van der Waals surface area contributed by atoms with E-state index in [1.54, 1.807) is 61.0 Å². The fraction of sp³-hybridized carbons (Fsp3) is 0.614. The van der Waals surface area contributed by atoms with Crippen LogP contribution in [0.4, 0.5) is 0 Å². The van der Waals surface area contributed by atoms with E-state index in [0.717, 1.165) is 5.75 Å². The van der Waals surface area contributed by atoms with E-state index in [4.69, 9.17) is 11.5 Å². The lowest BCUT2D eigenvalue weighted by Crippen LogP contribution is -2.69. The molecule has 1 aromatic carbocycles. The zero-order valence-electron chi connectivity index (χ0n) is 50.2. The number of carboxylic acid groups (broad SMARTS) is 2. The number of nitrogens with two attached hydrogens (primary N) is 2. The van der Waals surface area contributed by atoms with E-state index in [1.165, 1.54) is 29.2 Å². The van der Waals surface area contributed by atoms with Crippen LogP contribution in [0.1, 0.15) is 103 Å². The van der Waals surface area contributed by atoms with E-state index in [0.29, 0.717) is 60.8 Å². The van der Waals surface area contributed by atoms with Crippen molar-refractivity contribution in [1.29, 1.82) is 0 Å². The lowest BCUT2D eigenvalue weighted by molar-refractivity contribution is -0.406. The third-order valence-corrected chi connectivity index (χ3v) is 16.6. The van der Waals surface area contributed by atoms with Crippen LogP contribution < -0.4 is 54.4 Å². The number of benzene rings is 1. The Morgan fingerprint density at radius 1 is 0.705 bits per heavy atom. The average Bonchev–Trinajstić information content (AvgIpc) is 3.92. The molecule has 0 unspecified atom stereocenters. The van der Waals surface area contributed by atoms with Crippen LogP contribution in [0.2, 0.25) is 0 Å². The molecule has 3 aliphatic rings. The van der Waals surface area contributed by atoms with Crippen molar-refractivity contribution in [3.05, 3.63) is 54.2 Å². The van der Waals surface area contributed by atoms with Crippen molar-refractivity contribution in [3.63, 3.8) is 0 Å². The van der Waals surface area contributed by atoms with Crippen LogP contribution in [0.25, 0.3) is 10.9 Å². The average molecular weight is 1250 g/mol. The standard InChI is InChI=1S/C57H86N16O14S/c1-30(2)23-40(68-52(82)46(31(3)74)70-51(81)43-15-9-20-72(43)55(85)44-16-10-21-73(44)53(83)35(58)17-22-88-4)54(84)71-19-8-14-42(71)50(80)67-38(25-33-28-61-29-64-33)48(78)65-37(13-7-18-62-57(59)60)47(77)66-39(26-45(75)76)49(79)69-41(56(86)87)24-32-27-63-36-12-6-5-11-34(32)36/h5-6,11-12,27-31,35,37-44,46,57,62-63,74H,7-10,13-26,58-60H2,1-4H3,(H,61,64)(H,65,78)(H,66,77)(H,67,80)(H,68,82)(H,69,79)(H,70,81)(H,75,76)(H,86,87)/p+1/t31-,35+,37+,38+,39+,40+,41+,42+,43+,44+,46+/m1/s1. The number of aliphatic hydroxyl groups is 1. The predicted octanol–water partition coefficient (Wildman–Crippen LogP) is -3.52. The minimum atomic E-state index is -1.84. The van der Waals surface area contributed by atoms with Gasteiger partial charge >= 0.3 is 11.9 Å². The summed E-state index contributed by atoms with van der Waals surface area (Å²) in [5, 5.41) is 49.8. The molecule has 3 aliphatic heterocycles. The monoisotopic (exact) mass is 1250 g/mol. The molecule has 0 radical (unpaired) electrons. The van der Waals surface area contributed by atoms with Crippen molar-refractivity contribution in [1.82, 2.24) is 66.9 Å². The third-order valence-electron chi connectivity index (χ3n) is 15.9. The summed E-state index contributed by atoms with van der Waals surface area (Å²) in [6.45, 7) is 5.70. The molecular formula is C57H87N16O14S+. The van der Waals surface area contributed by atoms with Crippen molar-refractivity contribution in [2.24, 2.45) is 17.4 Å². The molecule has 3 aromatic rings. The molecule has 30 nitrogen and oxygen atoms in total. The number of hydrogen-bond donors (Lipinski definition) is 15. The Labute approximate surface area is 513 Å². The van der Waals surface area contributed by atoms with Crippen LogP contribution in [0.5, 0.6) is 0 Å². The van der Waals surface area contributed by atoms with E-state index in [2.05, 4.69) is 57.9 Å². The minimum absolute atomic E-state index is 0.0578. The second-order valence-electron chi connectivity index (χ2n) is 23.1. The van der Waals surface area contributed by atoms with Crippen LogP contribution in [-0.2, 0) is 65.6 Å². The maximum absolute atomic E-state index is 14.7. The summed E-state index contributed by atoms with van der Waals surface area (Å²) in [5.41, 5.74) is 17.0. The van der Waals surface area contributed by atoms with Gasteiger partial charge in [0.2, 0.25) is 47.3 Å². The van der Waals surface area contributed by atoms with Gasteiger partial charge in [0.15, 0.2) is 6.04 Å². The summed E-state index contributed by atoms with van der Waals surface area (Å²) in [7, 11) is 0. The summed E-state index contributed by atoms with van der Waals surface area (Å²) in [6.07, 6.45) is 5.16. The number of thioether (sulfide) groups is 1. The number of aliphatic carboxylic acids is 2. The number of nitrogens with zero attached hydrogens (tertiary/aromatic N) is 4. The maximum atomic E-state index is 14.7. The van der Waals surface area contributed by atoms with E-state index < -0.39 is 133 Å². The Balaban J connectivity index is 1.15. The number of hydrogen-bond acceptors (Lipinski definition) is 17. The number of nitrogens with one attached hydrogen (secondary N) is 9. The summed E-state index contributed by atoms with van der Waals surface area (Å²) in [5.74, 6) is -9.21. The second kappa shape index (κ2) is 33.0. The van der Waals surface area contributed by atoms with Gasteiger partial charge in [0.25, 0.3) is 5.91 Å². The number of imidazole rings is 1. The number of aliphatic hydroxyl groups excluding tert-OH is 1. The number of aromatic amines is 2. The first-order valence-electron chi connectivity index (χ1n) is 29.8. The van der Waals surface area contributed by atoms with Crippen molar-refractivity contribution in [2.75, 3.05) is 38.2 Å². The van der Waals surface area contributed by atoms with Crippen molar-refractivity contribution < 1.29 is 73.8 Å². The van der Waals surface area contributed by atoms with Gasteiger partial charge in [-0.05, 0) is 101 Å². The van der Waals surface area contributed by atoms with Crippen LogP contribution in [0, 0.1) is 5.92 Å². The topological polar surface area (TPSA) is 467 Å². The highest BCUT2D eigenvalue weighted by molar-refractivity contribution is 7.98. The molecule has 0 bridgehead atoms. The van der Waals surface area contributed by atoms with E-state index in [9.17, 15) is 68.1 Å². The number of carbonyl (C=O) groups is 11. The van der Waals surface area contributed by atoms with Gasteiger partial charge in [0, 0.05) is 67.9 Å². The number of carboxylic acids is 2. The zero-order chi connectivity index (χ0) is 64.4. The number of fused-ring (bicyclic) bond motifs is 1. The molecule has 0 saturated carbocycles. The highest BCUT2D eigenvalue weighted by Crippen LogP contribution is 2.27. The highest BCUT2D eigenvalue weighted by Gasteiger charge is 2.46. The van der Waals surface area contributed by atoms with Crippen molar-refractivity contribution >= 4 is 87.8 Å². The van der Waals surface area contributed by atoms with Gasteiger partial charge in [-0.1, -0.05) is 32.0 Å². The van der Waals surface area contributed by atoms with Gasteiger partial charge in [-0.15, -0.1) is 0 Å². The van der Waals surface area contributed by atoms with Gasteiger partial charge in [-0.2, -0.15) is 11.8 Å². The van der Waals surface area contributed by atoms with Crippen LogP contribution in [-0.4, -0.2) is 221 Å². The lowest BCUT2D eigenvalue weighted by Gasteiger charge is -2.33. The van der Waals surface area contributed by atoms with Crippen molar-refractivity contribution in [2.45, 2.75) is 177 Å². The lowest BCUT2D eigenvalue weighted by atomic mass is 10.0.